The number of rotatable bonds is 2. The standard InChI is InChI=1S/C13H16N2O3/c1-18-13(17)10-5-8-15(9-6-10)12(16)11-4-2-3-7-14-11/h2-4,7,10H,5-6,8-9H2,1H3. The number of carbonyl (C=O) groups excluding carboxylic acids is 2. The molecule has 1 amide bonds. The van der Waals surface area contributed by atoms with Gasteiger partial charge in [0.25, 0.3) is 5.91 Å². The van der Waals surface area contributed by atoms with Gasteiger partial charge in [0.2, 0.25) is 0 Å². The normalized spacial score (nSPS) is 16.4. The summed E-state index contributed by atoms with van der Waals surface area (Å²) in [6.07, 6.45) is 2.92. The molecular formula is C13H16N2O3. The van der Waals surface area contributed by atoms with Gasteiger partial charge in [0.05, 0.1) is 13.0 Å². The first-order valence-electron chi connectivity index (χ1n) is 6.00. The molecule has 1 aliphatic heterocycles. The van der Waals surface area contributed by atoms with Gasteiger partial charge in [0.15, 0.2) is 0 Å². The van der Waals surface area contributed by atoms with Crippen LogP contribution in [-0.4, -0.2) is 42.0 Å². The number of hydrogen-bond acceptors (Lipinski definition) is 4. The average molecular weight is 248 g/mol. The smallest absolute Gasteiger partial charge is 0.308 e. The SMILES string of the molecule is COC(=O)C1CCN(C(=O)c2ccccn2)CC1. The second-order valence-corrected chi connectivity index (χ2v) is 4.30. The maximum Gasteiger partial charge on any atom is 0.308 e. The van der Waals surface area contributed by atoms with Crippen LogP contribution in [0.3, 0.4) is 0 Å². The Labute approximate surface area is 106 Å². The molecule has 0 bridgehead atoms. The predicted molar refractivity (Wildman–Crippen MR) is 64.9 cm³/mol. The van der Waals surface area contributed by atoms with Crippen molar-refractivity contribution in [2.75, 3.05) is 20.2 Å². The summed E-state index contributed by atoms with van der Waals surface area (Å²) in [5.74, 6) is -0.332. The zero-order valence-corrected chi connectivity index (χ0v) is 10.3. The Morgan fingerprint density at radius 3 is 2.61 bits per heavy atom. The molecule has 18 heavy (non-hydrogen) atoms. The quantitative estimate of drug-likeness (QED) is 0.735. The molecule has 1 aliphatic rings. The van der Waals surface area contributed by atoms with Gasteiger partial charge in [0, 0.05) is 19.3 Å². The van der Waals surface area contributed by atoms with Crippen LogP contribution in [0.2, 0.25) is 0 Å². The van der Waals surface area contributed by atoms with E-state index in [-0.39, 0.29) is 17.8 Å². The molecule has 5 nitrogen and oxygen atoms in total. The Bertz CT molecular complexity index is 425. The highest BCUT2D eigenvalue weighted by molar-refractivity contribution is 5.92. The van der Waals surface area contributed by atoms with Gasteiger partial charge in [-0.05, 0) is 25.0 Å². The van der Waals surface area contributed by atoms with Crippen LogP contribution in [0.25, 0.3) is 0 Å². The molecule has 1 saturated heterocycles. The van der Waals surface area contributed by atoms with E-state index in [4.69, 9.17) is 4.74 Å². The predicted octanol–water partition coefficient (Wildman–Crippen LogP) is 1.11. The fourth-order valence-electron chi connectivity index (χ4n) is 2.14. The molecule has 0 N–H and O–H groups in total. The molecule has 0 aliphatic carbocycles. The lowest BCUT2D eigenvalue weighted by atomic mass is 9.97. The van der Waals surface area contributed by atoms with Gasteiger partial charge < -0.3 is 9.64 Å². The van der Waals surface area contributed by atoms with Crippen molar-refractivity contribution >= 4 is 11.9 Å². The van der Waals surface area contributed by atoms with E-state index in [0.717, 1.165) is 0 Å². The number of amides is 1. The van der Waals surface area contributed by atoms with Gasteiger partial charge in [-0.25, -0.2) is 0 Å². The molecule has 5 heteroatoms. The molecular weight excluding hydrogens is 232 g/mol. The van der Waals surface area contributed by atoms with Crippen molar-refractivity contribution in [3.63, 3.8) is 0 Å². The Morgan fingerprint density at radius 1 is 1.33 bits per heavy atom. The fraction of sp³-hybridized carbons (Fsp3) is 0.462. The summed E-state index contributed by atoms with van der Waals surface area (Å²) in [4.78, 5) is 29.2. The van der Waals surface area contributed by atoms with Crippen molar-refractivity contribution in [3.8, 4) is 0 Å². The zero-order valence-electron chi connectivity index (χ0n) is 10.3. The largest absolute Gasteiger partial charge is 0.469 e. The highest BCUT2D eigenvalue weighted by Crippen LogP contribution is 2.19. The summed E-state index contributed by atoms with van der Waals surface area (Å²) in [7, 11) is 1.40. The maximum atomic E-state index is 12.1. The van der Waals surface area contributed by atoms with Crippen LogP contribution in [-0.2, 0) is 9.53 Å². The fourth-order valence-corrected chi connectivity index (χ4v) is 2.14. The summed E-state index contributed by atoms with van der Waals surface area (Å²) in [6.45, 7) is 1.16. The van der Waals surface area contributed by atoms with Gasteiger partial charge >= 0.3 is 5.97 Å². The minimum atomic E-state index is -0.181. The maximum absolute atomic E-state index is 12.1. The van der Waals surface area contributed by atoms with Crippen molar-refractivity contribution in [2.24, 2.45) is 5.92 Å². The average Bonchev–Trinajstić information content (AvgIpc) is 2.47. The van der Waals surface area contributed by atoms with Crippen LogP contribution in [0.1, 0.15) is 23.3 Å². The summed E-state index contributed by atoms with van der Waals surface area (Å²) >= 11 is 0. The van der Waals surface area contributed by atoms with Crippen LogP contribution in [0.15, 0.2) is 24.4 Å². The van der Waals surface area contributed by atoms with Crippen molar-refractivity contribution in [3.05, 3.63) is 30.1 Å². The van der Waals surface area contributed by atoms with Crippen molar-refractivity contribution in [1.29, 1.82) is 0 Å². The molecule has 96 valence electrons. The molecule has 1 aromatic heterocycles. The molecule has 0 spiro atoms. The Kier molecular flexibility index (Phi) is 3.92. The highest BCUT2D eigenvalue weighted by atomic mass is 16.5. The van der Waals surface area contributed by atoms with E-state index in [1.165, 1.54) is 7.11 Å². The van der Waals surface area contributed by atoms with Crippen molar-refractivity contribution < 1.29 is 14.3 Å². The molecule has 1 fully saturated rings. The van der Waals surface area contributed by atoms with Crippen molar-refractivity contribution in [2.45, 2.75) is 12.8 Å². The zero-order chi connectivity index (χ0) is 13.0. The number of nitrogens with zero attached hydrogens (tertiary/aromatic N) is 2. The Morgan fingerprint density at radius 2 is 2.06 bits per heavy atom. The number of piperidine rings is 1. The van der Waals surface area contributed by atoms with Gasteiger partial charge in [0.1, 0.15) is 5.69 Å². The van der Waals surface area contributed by atoms with E-state index < -0.39 is 0 Å². The number of esters is 1. The second kappa shape index (κ2) is 5.62. The topological polar surface area (TPSA) is 59.5 Å². The van der Waals surface area contributed by atoms with Crippen LogP contribution >= 0.6 is 0 Å². The summed E-state index contributed by atoms with van der Waals surface area (Å²) < 4.78 is 4.72. The molecule has 0 saturated carbocycles. The van der Waals surface area contributed by atoms with Gasteiger partial charge in [-0.2, -0.15) is 0 Å². The lowest BCUT2D eigenvalue weighted by molar-refractivity contribution is -0.146. The van der Waals surface area contributed by atoms with Gasteiger partial charge in [-0.15, -0.1) is 0 Å². The van der Waals surface area contributed by atoms with E-state index in [1.54, 1.807) is 29.3 Å². The number of aromatic nitrogens is 1. The summed E-state index contributed by atoms with van der Waals surface area (Å²) in [5, 5.41) is 0. The molecule has 2 heterocycles. The minimum Gasteiger partial charge on any atom is -0.469 e. The molecule has 1 aromatic rings. The lowest BCUT2D eigenvalue weighted by Gasteiger charge is -2.30. The molecule has 0 unspecified atom stereocenters. The number of pyridine rings is 1. The molecule has 2 rings (SSSR count). The molecule has 0 radical (unpaired) electrons. The Balaban J connectivity index is 1.94. The van der Waals surface area contributed by atoms with E-state index in [9.17, 15) is 9.59 Å². The third-order valence-corrected chi connectivity index (χ3v) is 3.20. The van der Waals surface area contributed by atoms with E-state index in [0.29, 0.717) is 31.6 Å². The summed E-state index contributed by atoms with van der Waals surface area (Å²) in [6, 6.07) is 5.27. The van der Waals surface area contributed by atoms with Gasteiger partial charge in [-0.1, -0.05) is 6.07 Å². The second-order valence-electron chi connectivity index (χ2n) is 4.30. The number of methoxy groups -OCH3 is 1. The molecule has 0 aromatic carbocycles. The number of carbonyl (C=O) groups is 2. The third-order valence-electron chi connectivity index (χ3n) is 3.20. The van der Waals surface area contributed by atoms with Crippen LogP contribution in [0, 0.1) is 5.92 Å². The third kappa shape index (κ3) is 2.67. The summed E-state index contributed by atoms with van der Waals surface area (Å²) in [5.41, 5.74) is 0.453. The number of ether oxygens (including phenoxy) is 1. The van der Waals surface area contributed by atoms with Crippen molar-refractivity contribution in [1.82, 2.24) is 9.88 Å². The minimum absolute atomic E-state index is 0.0704. The number of likely N-dealkylation sites (tertiary alicyclic amines) is 1. The highest BCUT2D eigenvalue weighted by Gasteiger charge is 2.28. The molecule has 0 atom stereocenters. The van der Waals surface area contributed by atoms with Crippen LogP contribution in [0.4, 0.5) is 0 Å². The van der Waals surface area contributed by atoms with E-state index >= 15 is 0 Å². The van der Waals surface area contributed by atoms with Gasteiger partial charge in [-0.3, -0.25) is 14.6 Å². The van der Waals surface area contributed by atoms with E-state index in [1.807, 2.05) is 0 Å². The Hall–Kier alpha value is -1.91. The first-order chi connectivity index (χ1) is 8.72. The first-order valence-corrected chi connectivity index (χ1v) is 6.00. The van der Waals surface area contributed by atoms with Crippen LogP contribution < -0.4 is 0 Å². The first kappa shape index (κ1) is 12.5. The number of hydrogen-bond donors (Lipinski definition) is 0. The van der Waals surface area contributed by atoms with Crippen LogP contribution in [0.5, 0.6) is 0 Å². The lowest BCUT2D eigenvalue weighted by Crippen LogP contribution is -2.40. The van der Waals surface area contributed by atoms with E-state index in [2.05, 4.69) is 4.98 Å². The monoisotopic (exact) mass is 248 g/mol.